The van der Waals surface area contributed by atoms with Crippen molar-refractivity contribution in [1.82, 2.24) is 15.5 Å². The van der Waals surface area contributed by atoms with Gasteiger partial charge in [0, 0.05) is 12.6 Å². The van der Waals surface area contributed by atoms with E-state index in [1.165, 1.54) is 0 Å². The van der Waals surface area contributed by atoms with Gasteiger partial charge in [0.05, 0.1) is 0 Å². The highest BCUT2D eigenvalue weighted by atomic mass is 16.6. The molecule has 3 unspecified atom stereocenters. The van der Waals surface area contributed by atoms with Crippen molar-refractivity contribution in [3.8, 4) is 0 Å². The third-order valence-corrected chi connectivity index (χ3v) is 6.42. The summed E-state index contributed by atoms with van der Waals surface area (Å²) >= 11 is 0. The third-order valence-electron chi connectivity index (χ3n) is 6.42. The first kappa shape index (κ1) is 28.7. The minimum absolute atomic E-state index is 0.0304. The first-order valence-corrected chi connectivity index (χ1v) is 13.1. The van der Waals surface area contributed by atoms with Crippen molar-refractivity contribution >= 4 is 17.9 Å². The number of nitrogens with zero attached hydrogens (tertiary/aromatic N) is 1. The van der Waals surface area contributed by atoms with Crippen LogP contribution in [-0.2, 0) is 14.3 Å². The number of carbonyl (C=O) groups is 3. The fraction of sp³-hybridized carbons (Fsp3) is 0.679. The Kier molecular flexibility index (Phi) is 10.2. The summed E-state index contributed by atoms with van der Waals surface area (Å²) in [4.78, 5) is 42.1. The Bertz CT molecular complexity index is 889. The van der Waals surface area contributed by atoms with Gasteiger partial charge in [-0.05, 0) is 70.9 Å². The molecule has 1 aromatic carbocycles. The molecule has 1 saturated carbocycles. The van der Waals surface area contributed by atoms with Crippen LogP contribution in [0.4, 0.5) is 4.79 Å². The summed E-state index contributed by atoms with van der Waals surface area (Å²) in [7, 11) is 0. The summed E-state index contributed by atoms with van der Waals surface area (Å²) in [5.41, 5.74) is 2.22. The molecule has 2 rings (SSSR count). The zero-order valence-corrected chi connectivity index (χ0v) is 22.9. The van der Waals surface area contributed by atoms with Gasteiger partial charge in [0.2, 0.25) is 11.8 Å². The Hall–Kier alpha value is -2.57. The first-order chi connectivity index (χ1) is 16.4. The van der Waals surface area contributed by atoms with Gasteiger partial charge in [0.25, 0.3) is 0 Å². The predicted octanol–water partition coefficient (Wildman–Crippen LogP) is 5.19. The van der Waals surface area contributed by atoms with Crippen molar-refractivity contribution in [2.45, 2.75) is 111 Å². The topological polar surface area (TPSA) is 87.7 Å². The molecule has 0 aliphatic heterocycles. The van der Waals surface area contributed by atoms with Gasteiger partial charge in [0.1, 0.15) is 17.7 Å². The molecular formula is C28H45N3O4. The number of nitrogens with one attached hydrogen (secondary N) is 2. The average Bonchev–Trinajstić information content (AvgIpc) is 3.59. The molecule has 35 heavy (non-hydrogen) atoms. The molecule has 196 valence electrons. The Morgan fingerprint density at radius 3 is 2.31 bits per heavy atom. The van der Waals surface area contributed by atoms with E-state index in [0.717, 1.165) is 42.4 Å². The Morgan fingerprint density at radius 1 is 1.14 bits per heavy atom. The lowest BCUT2D eigenvalue weighted by molar-refractivity contribution is -0.144. The van der Waals surface area contributed by atoms with Crippen LogP contribution < -0.4 is 10.6 Å². The Morgan fingerprint density at radius 2 is 1.80 bits per heavy atom. The SMILES string of the molecule is CCCCNC(=O)C(c1ccc(C)cc1C)N(C(=O)C(NC(=O)OC(C)(C)C)C(C)CC)C1CC1. The second-order valence-electron chi connectivity index (χ2n) is 10.9. The van der Waals surface area contributed by atoms with Crippen LogP contribution in [0.25, 0.3) is 0 Å². The van der Waals surface area contributed by atoms with Gasteiger partial charge in [-0.2, -0.15) is 0 Å². The summed E-state index contributed by atoms with van der Waals surface area (Å²) in [5.74, 6) is -0.534. The molecule has 1 fully saturated rings. The monoisotopic (exact) mass is 487 g/mol. The minimum atomic E-state index is -0.785. The number of alkyl carbamates (subject to hydrolysis) is 1. The second kappa shape index (κ2) is 12.4. The number of carbonyl (C=O) groups excluding carboxylic acids is 3. The maximum absolute atomic E-state index is 14.1. The molecule has 1 aliphatic carbocycles. The van der Waals surface area contributed by atoms with E-state index in [1.807, 2.05) is 45.9 Å². The molecule has 7 nitrogen and oxygen atoms in total. The first-order valence-electron chi connectivity index (χ1n) is 13.1. The zero-order valence-electron chi connectivity index (χ0n) is 22.9. The average molecular weight is 488 g/mol. The molecule has 1 aromatic rings. The lowest BCUT2D eigenvalue weighted by Crippen LogP contribution is -2.56. The van der Waals surface area contributed by atoms with E-state index in [4.69, 9.17) is 4.74 Å². The molecule has 3 atom stereocenters. The molecule has 2 N–H and O–H groups in total. The van der Waals surface area contributed by atoms with Crippen LogP contribution >= 0.6 is 0 Å². The highest BCUT2D eigenvalue weighted by Gasteiger charge is 2.45. The van der Waals surface area contributed by atoms with Crippen molar-refractivity contribution in [3.05, 3.63) is 34.9 Å². The van der Waals surface area contributed by atoms with Crippen LogP contribution in [0.15, 0.2) is 18.2 Å². The summed E-state index contributed by atoms with van der Waals surface area (Å²) in [5, 5.41) is 5.88. The minimum Gasteiger partial charge on any atom is -0.444 e. The van der Waals surface area contributed by atoms with Gasteiger partial charge in [-0.25, -0.2) is 4.79 Å². The van der Waals surface area contributed by atoms with E-state index in [1.54, 1.807) is 25.7 Å². The highest BCUT2D eigenvalue weighted by Crippen LogP contribution is 2.37. The number of unbranched alkanes of at least 4 members (excludes halogenated alkanes) is 1. The number of rotatable bonds is 11. The molecule has 0 heterocycles. The van der Waals surface area contributed by atoms with E-state index in [9.17, 15) is 14.4 Å². The van der Waals surface area contributed by atoms with Crippen molar-refractivity contribution < 1.29 is 19.1 Å². The molecule has 0 spiro atoms. The van der Waals surface area contributed by atoms with Crippen LogP contribution in [-0.4, -0.2) is 47.0 Å². The van der Waals surface area contributed by atoms with Crippen molar-refractivity contribution in [3.63, 3.8) is 0 Å². The number of aryl methyl sites for hydroxylation is 2. The second-order valence-corrected chi connectivity index (χ2v) is 10.9. The van der Waals surface area contributed by atoms with Gasteiger partial charge < -0.3 is 20.3 Å². The number of hydrogen-bond acceptors (Lipinski definition) is 4. The van der Waals surface area contributed by atoms with Crippen LogP contribution in [0.3, 0.4) is 0 Å². The summed E-state index contributed by atoms with van der Waals surface area (Å²) in [6.07, 6.45) is 3.60. The van der Waals surface area contributed by atoms with Gasteiger partial charge in [0.15, 0.2) is 0 Å². The fourth-order valence-corrected chi connectivity index (χ4v) is 4.18. The van der Waals surface area contributed by atoms with Gasteiger partial charge in [-0.3, -0.25) is 9.59 Å². The molecule has 0 bridgehead atoms. The van der Waals surface area contributed by atoms with Crippen LogP contribution in [0.1, 0.15) is 96.4 Å². The smallest absolute Gasteiger partial charge is 0.408 e. The van der Waals surface area contributed by atoms with Crippen molar-refractivity contribution in [1.29, 1.82) is 0 Å². The van der Waals surface area contributed by atoms with Crippen molar-refractivity contribution in [2.24, 2.45) is 5.92 Å². The zero-order chi connectivity index (χ0) is 26.3. The number of amides is 3. The molecule has 0 radical (unpaired) electrons. The predicted molar refractivity (Wildman–Crippen MR) is 139 cm³/mol. The number of ether oxygens (including phenoxy) is 1. The largest absolute Gasteiger partial charge is 0.444 e. The van der Waals surface area contributed by atoms with E-state index >= 15 is 0 Å². The van der Waals surface area contributed by atoms with Crippen LogP contribution in [0, 0.1) is 19.8 Å². The Balaban J connectivity index is 2.47. The van der Waals surface area contributed by atoms with Crippen molar-refractivity contribution in [2.75, 3.05) is 6.54 Å². The maximum atomic E-state index is 14.1. The molecular weight excluding hydrogens is 442 g/mol. The summed E-state index contributed by atoms with van der Waals surface area (Å²) < 4.78 is 5.46. The van der Waals surface area contributed by atoms with E-state index in [2.05, 4.69) is 17.6 Å². The van der Waals surface area contributed by atoms with E-state index in [0.29, 0.717) is 13.0 Å². The molecule has 1 aliphatic rings. The van der Waals surface area contributed by atoms with Gasteiger partial charge in [-0.15, -0.1) is 0 Å². The van der Waals surface area contributed by atoms with Gasteiger partial charge in [-0.1, -0.05) is 57.4 Å². The summed E-state index contributed by atoms with van der Waals surface area (Å²) in [6, 6.07) is 4.41. The standard InChI is InChI=1S/C28H45N3O4/c1-9-11-16-29-25(32)24(22-15-12-18(3)17-20(22)5)31(21-13-14-21)26(33)23(19(4)10-2)30-27(34)35-28(6,7)8/h12,15,17,19,21,23-24H,9-11,13-14,16H2,1-8H3,(H,29,32)(H,30,34). The molecule has 0 aromatic heterocycles. The van der Waals surface area contributed by atoms with Crippen LogP contribution in [0.5, 0.6) is 0 Å². The van der Waals surface area contributed by atoms with E-state index < -0.39 is 23.8 Å². The molecule has 3 amide bonds. The Labute approximate surface area is 211 Å². The number of benzene rings is 1. The molecule has 7 heteroatoms. The third kappa shape index (κ3) is 8.25. The quantitative estimate of drug-likeness (QED) is 0.421. The normalized spacial score (nSPS) is 16.1. The molecule has 0 saturated heterocycles. The summed E-state index contributed by atoms with van der Waals surface area (Å²) in [6.45, 7) is 15.9. The van der Waals surface area contributed by atoms with Gasteiger partial charge >= 0.3 is 6.09 Å². The maximum Gasteiger partial charge on any atom is 0.408 e. The van der Waals surface area contributed by atoms with Crippen LogP contribution in [0.2, 0.25) is 0 Å². The lowest BCUT2D eigenvalue weighted by Gasteiger charge is -2.36. The lowest BCUT2D eigenvalue weighted by atomic mass is 9.93. The fourth-order valence-electron chi connectivity index (χ4n) is 4.18. The van der Waals surface area contributed by atoms with E-state index in [-0.39, 0.29) is 23.8 Å². The highest BCUT2D eigenvalue weighted by molar-refractivity contribution is 5.93. The number of hydrogen-bond donors (Lipinski definition) is 2.